The molecule has 0 saturated heterocycles. The highest BCUT2D eigenvalue weighted by molar-refractivity contribution is 5.99. The van der Waals surface area contributed by atoms with Gasteiger partial charge in [0.2, 0.25) is 0 Å². The Bertz CT molecular complexity index is 446. The second kappa shape index (κ2) is 5.87. The van der Waals surface area contributed by atoms with Gasteiger partial charge >= 0.3 is 0 Å². The molecular weight excluding hydrogens is 234 g/mol. The zero-order chi connectivity index (χ0) is 14.8. The molecule has 0 radical (unpaired) electrons. The molecule has 106 valence electrons. The number of aryl methyl sites for hydroxylation is 2. The van der Waals surface area contributed by atoms with E-state index in [1.807, 2.05) is 20.8 Å². The Morgan fingerprint density at radius 2 is 1.68 bits per heavy atom. The van der Waals surface area contributed by atoms with Crippen molar-refractivity contribution in [3.63, 3.8) is 0 Å². The van der Waals surface area contributed by atoms with Gasteiger partial charge in [-0.3, -0.25) is 4.79 Å². The molecule has 1 atom stereocenters. The summed E-state index contributed by atoms with van der Waals surface area (Å²) in [5.74, 6) is 0.460. The molecule has 1 rings (SSSR count). The van der Waals surface area contributed by atoms with Crippen LogP contribution >= 0.6 is 0 Å². The van der Waals surface area contributed by atoms with Crippen molar-refractivity contribution < 1.29 is 4.79 Å². The van der Waals surface area contributed by atoms with E-state index >= 15 is 0 Å². The molecule has 0 aromatic heterocycles. The third kappa shape index (κ3) is 3.90. The van der Waals surface area contributed by atoms with Crippen molar-refractivity contribution >= 4 is 5.78 Å². The summed E-state index contributed by atoms with van der Waals surface area (Å²) in [6, 6.07) is 4.29. The molecule has 0 bridgehead atoms. The van der Waals surface area contributed by atoms with Crippen molar-refractivity contribution in [1.82, 2.24) is 0 Å². The maximum absolute atomic E-state index is 12.4. The zero-order valence-electron chi connectivity index (χ0n) is 13.1. The van der Waals surface area contributed by atoms with Gasteiger partial charge in [-0.2, -0.15) is 0 Å². The van der Waals surface area contributed by atoms with Crippen molar-refractivity contribution in [2.75, 3.05) is 6.54 Å². The Morgan fingerprint density at radius 3 is 2.05 bits per heavy atom. The van der Waals surface area contributed by atoms with Crippen LogP contribution in [0.3, 0.4) is 0 Å². The van der Waals surface area contributed by atoms with Crippen molar-refractivity contribution in [2.24, 2.45) is 11.7 Å². The average molecular weight is 261 g/mol. The lowest BCUT2D eigenvalue weighted by Crippen LogP contribution is -2.18. The van der Waals surface area contributed by atoms with Gasteiger partial charge in [0, 0.05) is 12.0 Å². The molecule has 0 amide bonds. The van der Waals surface area contributed by atoms with E-state index in [1.54, 1.807) is 0 Å². The summed E-state index contributed by atoms with van der Waals surface area (Å²) in [6.07, 6.45) is 0.535. The van der Waals surface area contributed by atoms with Gasteiger partial charge in [0.1, 0.15) is 0 Å². The van der Waals surface area contributed by atoms with Gasteiger partial charge < -0.3 is 5.73 Å². The third-order valence-corrected chi connectivity index (χ3v) is 3.61. The van der Waals surface area contributed by atoms with Gasteiger partial charge in [-0.25, -0.2) is 0 Å². The molecule has 0 heterocycles. The monoisotopic (exact) mass is 261 g/mol. The van der Waals surface area contributed by atoms with Crippen molar-refractivity contribution in [3.05, 3.63) is 34.4 Å². The van der Waals surface area contributed by atoms with E-state index in [-0.39, 0.29) is 17.1 Å². The molecule has 2 heteroatoms. The summed E-state index contributed by atoms with van der Waals surface area (Å²) < 4.78 is 0. The van der Waals surface area contributed by atoms with Crippen molar-refractivity contribution in [1.29, 1.82) is 0 Å². The van der Waals surface area contributed by atoms with Crippen LogP contribution in [0.25, 0.3) is 0 Å². The SMILES string of the molecule is Cc1cc(C(C)(C)C)cc(C)c1C(=O)CC(C)CN. The van der Waals surface area contributed by atoms with Crippen LogP contribution in [-0.4, -0.2) is 12.3 Å². The molecule has 1 unspecified atom stereocenters. The first kappa shape index (κ1) is 15.9. The minimum Gasteiger partial charge on any atom is -0.330 e. The smallest absolute Gasteiger partial charge is 0.163 e. The first-order valence-corrected chi connectivity index (χ1v) is 7.01. The summed E-state index contributed by atoms with van der Waals surface area (Å²) in [4.78, 5) is 12.4. The number of Topliss-reactive ketones (excluding diaryl/α,β-unsaturated/α-hetero) is 1. The number of hydrogen-bond acceptors (Lipinski definition) is 2. The number of nitrogens with two attached hydrogens (primary N) is 1. The molecule has 0 aliphatic rings. The Hall–Kier alpha value is -1.15. The normalized spacial score (nSPS) is 13.4. The molecule has 0 saturated carbocycles. The van der Waals surface area contributed by atoms with Crippen LogP contribution in [-0.2, 0) is 5.41 Å². The molecule has 2 nitrogen and oxygen atoms in total. The average Bonchev–Trinajstić information content (AvgIpc) is 2.26. The summed E-state index contributed by atoms with van der Waals surface area (Å²) in [7, 11) is 0. The first-order chi connectivity index (χ1) is 8.66. The van der Waals surface area contributed by atoms with E-state index in [0.717, 1.165) is 16.7 Å². The lowest BCUT2D eigenvalue weighted by molar-refractivity contribution is 0.0964. The fourth-order valence-electron chi connectivity index (χ4n) is 2.34. The van der Waals surface area contributed by atoms with E-state index in [2.05, 4.69) is 32.9 Å². The topological polar surface area (TPSA) is 43.1 Å². The minimum absolute atomic E-state index is 0.113. The zero-order valence-corrected chi connectivity index (χ0v) is 13.1. The Morgan fingerprint density at radius 1 is 1.21 bits per heavy atom. The quantitative estimate of drug-likeness (QED) is 0.838. The van der Waals surface area contributed by atoms with Gasteiger partial charge in [-0.15, -0.1) is 0 Å². The van der Waals surface area contributed by atoms with Gasteiger partial charge in [0.15, 0.2) is 5.78 Å². The summed E-state index contributed by atoms with van der Waals surface area (Å²) in [5.41, 5.74) is 10.0. The largest absolute Gasteiger partial charge is 0.330 e. The van der Waals surface area contributed by atoms with Crippen LogP contribution < -0.4 is 5.73 Å². The second-order valence-electron chi connectivity index (χ2n) is 6.70. The Balaban J connectivity index is 3.14. The number of carbonyl (C=O) groups is 1. The number of benzene rings is 1. The van der Waals surface area contributed by atoms with Gasteiger partial charge in [0.25, 0.3) is 0 Å². The summed E-state index contributed by atoms with van der Waals surface area (Å²) in [5, 5.41) is 0. The second-order valence-corrected chi connectivity index (χ2v) is 6.70. The standard InChI is InChI=1S/C17H27NO/c1-11(10-18)7-15(19)16-12(2)8-14(9-13(16)3)17(4,5)6/h8-9,11H,7,10,18H2,1-6H3. The first-order valence-electron chi connectivity index (χ1n) is 7.01. The van der Waals surface area contributed by atoms with Gasteiger partial charge in [-0.05, 0) is 48.4 Å². The third-order valence-electron chi connectivity index (χ3n) is 3.61. The summed E-state index contributed by atoms with van der Waals surface area (Å²) >= 11 is 0. The highest BCUT2D eigenvalue weighted by Crippen LogP contribution is 2.27. The predicted molar refractivity (Wildman–Crippen MR) is 81.8 cm³/mol. The fraction of sp³-hybridized carbons (Fsp3) is 0.588. The van der Waals surface area contributed by atoms with E-state index in [4.69, 9.17) is 5.73 Å². The van der Waals surface area contributed by atoms with Gasteiger partial charge in [0.05, 0.1) is 0 Å². The molecule has 0 spiro atoms. The maximum Gasteiger partial charge on any atom is 0.163 e. The van der Waals surface area contributed by atoms with E-state index < -0.39 is 0 Å². The van der Waals surface area contributed by atoms with E-state index in [1.165, 1.54) is 5.56 Å². The van der Waals surface area contributed by atoms with Crippen molar-refractivity contribution in [3.8, 4) is 0 Å². The van der Waals surface area contributed by atoms with E-state index in [9.17, 15) is 4.79 Å². The molecule has 1 aromatic rings. The van der Waals surface area contributed by atoms with Gasteiger partial charge in [-0.1, -0.05) is 39.8 Å². The number of rotatable bonds is 4. The van der Waals surface area contributed by atoms with Crippen LogP contribution in [0.15, 0.2) is 12.1 Å². The van der Waals surface area contributed by atoms with Crippen LogP contribution in [0.1, 0.15) is 61.2 Å². The van der Waals surface area contributed by atoms with Crippen LogP contribution in [0.5, 0.6) is 0 Å². The number of carbonyl (C=O) groups excluding carboxylic acids is 1. The minimum atomic E-state index is 0.113. The maximum atomic E-state index is 12.4. The van der Waals surface area contributed by atoms with E-state index in [0.29, 0.717) is 13.0 Å². The lowest BCUT2D eigenvalue weighted by Gasteiger charge is -2.22. The molecular formula is C17H27NO. The number of ketones is 1. The van der Waals surface area contributed by atoms with Crippen LogP contribution in [0.2, 0.25) is 0 Å². The van der Waals surface area contributed by atoms with Crippen LogP contribution in [0, 0.1) is 19.8 Å². The molecule has 2 N–H and O–H groups in total. The molecule has 19 heavy (non-hydrogen) atoms. The van der Waals surface area contributed by atoms with Crippen LogP contribution in [0.4, 0.5) is 0 Å². The highest BCUT2D eigenvalue weighted by atomic mass is 16.1. The Labute approximate surface area is 117 Å². The molecule has 1 aromatic carbocycles. The summed E-state index contributed by atoms with van der Waals surface area (Å²) in [6.45, 7) is 13.2. The predicted octanol–water partition coefficient (Wildman–Crippen LogP) is 3.77. The molecule has 0 aliphatic heterocycles. The lowest BCUT2D eigenvalue weighted by atomic mass is 9.82. The number of hydrogen-bond donors (Lipinski definition) is 1. The highest BCUT2D eigenvalue weighted by Gasteiger charge is 2.20. The molecule has 0 fully saturated rings. The fourth-order valence-corrected chi connectivity index (χ4v) is 2.34. The Kier molecular flexibility index (Phi) is 4.92. The van der Waals surface area contributed by atoms with Crippen molar-refractivity contribution in [2.45, 2.75) is 53.4 Å². The molecule has 0 aliphatic carbocycles.